The standard InChI is InChI=1S/C26H19N3O5/c1-33-19-11-7-10-18(14-19)23-22(16-28(27-23)15-17-8-3-2-4-9-17)26(32)34-29-24(30)20-12-5-6-13-21(20)25(29)31/h2-14,16H,15H2,1H3. The van der Waals surface area contributed by atoms with Crippen molar-refractivity contribution < 1.29 is 24.0 Å². The lowest BCUT2D eigenvalue weighted by molar-refractivity contribution is -0.0584. The van der Waals surface area contributed by atoms with E-state index in [9.17, 15) is 14.4 Å². The van der Waals surface area contributed by atoms with Gasteiger partial charge in [-0.1, -0.05) is 59.7 Å². The second-order valence-electron chi connectivity index (χ2n) is 7.64. The summed E-state index contributed by atoms with van der Waals surface area (Å²) in [6, 6.07) is 23.1. The van der Waals surface area contributed by atoms with Gasteiger partial charge in [-0.3, -0.25) is 14.3 Å². The summed E-state index contributed by atoms with van der Waals surface area (Å²) < 4.78 is 6.92. The molecule has 0 saturated heterocycles. The first-order valence-electron chi connectivity index (χ1n) is 10.5. The Hall–Kier alpha value is -4.72. The molecule has 1 aliphatic rings. The Morgan fingerprint density at radius 3 is 2.24 bits per heavy atom. The van der Waals surface area contributed by atoms with Crippen molar-refractivity contribution in [2.45, 2.75) is 6.54 Å². The maximum Gasteiger partial charge on any atom is 0.367 e. The molecule has 2 amide bonds. The number of ether oxygens (including phenoxy) is 1. The second-order valence-corrected chi connectivity index (χ2v) is 7.64. The molecule has 0 radical (unpaired) electrons. The van der Waals surface area contributed by atoms with Gasteiger partial charge in [-0.15, -0.1) is 0 Å². The Bertz CT molecular complexity index is 1380. The fourth-order valence-electron chi connectivity index (χ4n) is 3.79. The van der Waals surface area contributed by atoms with Gasteiger partial charge in [0.25, 0.3) is 11.8 Å². The lowest BCUT2D eigenvalue weighted by atomic mass is 10.1. The number of rotatable bonds is 6. The molecule has 0 aliphatic carbocycles. The molecule has 1 aliphatic heterocycles. The van der Waals surface area contributed by atoms with Crippen molar-refractivity contribution in [2.24, 2.45) is 0 Å². The highest BCUT2D eigenvalue weighted by Gasteiger charge is 2.39. The van der Waals surface area contributed by atoms with Crippen LogP contribution in [0.3, 0.4) is 0 Å². The van der Waals surface area contributed by atoms with Gasteiger partial charge in [0.05, 0.1) is 24.8 Å². The molecule has 0 fully saturated rings. The van der Waals surface area contributed by atoms with E-state index in [2.05, 4.69) is 5.10 Å². The SMILES string of the molecule is COc1cccc(-c2nn(Cc3ccccc3)cc2C(=O)ON2C(=O)c3ccccc3C2=O)c1. The zero-order valence-corrected chi connectivity index (χ0v) is 18.2. The number of hydrogen-bond donors (Lipinski definition) is 0. The zero-order chi connectivity index (χ0) is 23.7. The highest BCUT2D eigenvalue weighted by atomic mass is 16.7. The van der Waals surface area contributed by atoms with Crippen molar-refractivity contribution in [1.82, 2.24) is 14.8 Å². The van der Waals surface area contributed by atoms with Crippen LogP contribution in [0.5, 0.6) is 5.75 Å². The third-order valence-electron chi connectivity index (χ3n) is 5.44. The summed E-state index contributed by atoms with van der Waals surface area (Å²) in [4.78, 5) is 43.8. The van der Waals surface area contributed by atoms with Crippen LogP contribution in [0.15, 0.2) is 85.1 Å². The Balaban J connectivity index is 1.50. The van der Waals surface area contributed by atoms with Gasteiger partial charge >= 0.3 is 5.97 Å². The summed E-state index contributed by atoms with van der Waals surface area (Å²) in [5, 5.41) is 5.09. The van der Waals surface area contributed by atoms with Crippen LogP contribution in [0.2, 0.25) is 0 Å². The summed E-state index contributed by atoms with van der Waals surface area (Å²) in [7, 11) is 1.55. The van der Waals surface area contributed by atoms with Gasteiger partial charge in [-0.2, -0.15) is 5.10 Å². The van der Waals surface area contributed by atoms with E-state index in [1.807, 2.05) is 30.3 Å². The summed E-state index contributed by atoms with van der Waals surface area (Å²) in [6.45, 7) is 0.415. The van der Waals surface area contributed by atoms with Crippen molar-refractivity contribution >= 4 is 17.8 Å². The highest BCUT2D eigenvalue weighted by Crippen LogP contribution is 2.28. The zero-order valence-electron chi connectivity index (χ0n) is 18.2. The summed E-state index contributed by atoms with van der Waals surface area (Å²) >= 11 is 0. The molecule has 0 unspecified atom stereocenters. The number of hydroxylamine groups is 2. The molecule has 8 nitrogen and oxygen atoms in total. The Morgan fingerprint density at radius 2 is 1.56 bits per heavy atom. The Morgan fingerprint density at radius 1 is 0.882 bits per heavy atom. The van der Waals surface area contributed by atoms with Crippen molar-refractivity contribution in [2.75, 3.05) is 7.11 Å². The third kappa shape index (κ3) is 3.81. The van der Waals surface area contributed by atoms with Gasteiger partial charge < -0.3 is 9.57 Å². The molecule has 0 spiro atoms. The minimum atomic E-state index is -0.869. The molecule has 34 heavy (non-hydrogen) atoms. The number of aromatic nitrogens is 2. The summed E-state index contributed by atoms with van der Waals surface area (Å²) in [6.07, 6.45) is 1.54. The predicted octanol–water partition coefficient (Wildman–Crippen LogP) is 3.98. The van der Waals surface area contributed by atoms with Gasteiger partial charge in [-0.25, -0.2) is 4.79 Å². The lowest BCUT2D eigenvalue weighted by Gasteiger charge is -2.12. The van der Waals surface area contributed by atoms with Crippen LogP contribution < -0.4 is 4.74 Å². The number of hydrogen-bond acceptors (Lipinski definition) is 6. The van der Waals surface area contributed by atoms with Gasteiger partial charge in [0.2, 0.25) is 0 Å². The van der Waals surface area contributed by atoms with Gasteiger partial charge in [0, 0.05) is 11.8 Å². The van der Waals surface area contributed by atoms with E-state index in [1.54, 1.807) is 54.4 Å². The molecule has 4 aromatic rings. The number of benzene rings is 3. The molecular weight excluding hydrogens is 434 g/mol. The topological polar surface area (TPSA) is 90.7 Å². The molecule has 5 rings (SSSR count). The maximum absolute atomic E-state index is 13.2. The summed E-state index contributed by atoms with van der Waals surface area (Å²) in [5.41, 5.74) is 2.45. The van der Waals surface area contributed by atoms with Crippen LogP contribution in [-0.4, -0.2) is 39.7 Å². The molecule has 1 aromatic heterocycles. The van der Waals surface area contributed by atoms with Crippen molar-refractivity contribution in [3.05, 3.63) is 107 Å². The van der Waals surface area contributed by atoms with E-state index in [0.29, 0.717) is 28.6 Å². The molecule has 0 bridgehead atoms. The molecule has 0 atom stereocenters. The van der Waals surface area contributed by atoms with E-state index in [0.717, 1.165) is 5.56 Å². The molecule has 8 heteroatoms. The average molecular weight is 453 g/mol. The van der Waals surface area contributed by atoms with Crippen molar-refractivity contribution in [3.63, 3.8) is 0 Å². The van der Waals surface area contributed by atoms with Gasteiger partial charge in [-0.05, 0) is 29.8 Å². The van der Waals surface area contributed by atoms with Crippen molar-refractivity contribution in [1.29, 1.82) is 0 Å². The minimum Gasteiger partial charge on any atom is -0.497 e. The second kappa shape index (κ2) is 8.67. The van der Waals surface area contributed by atoms with Gasteiger partial charge in [0.15, 0.2) is 0 Å². The van der Waals surface area contributed by atoms with Gasteiger partial charge in [0.1, 0.15) is 17.0 Å². The highest BCUT2D eigenvalue weighted by molar-refractivity contribution is 6.21. The van der Waals surface area contributed by atoms with Crippen molar-refractivity contribution in [3.8, 4) is 17.0 Å². The number of methoxy groups -OCH3 is 1. The molecule has 2 heterocycles. The number of imide groups is 1. The molecule has 0 N–H and O–H groups in total. The third-order valence-corrected chi connectivity index (χ3v) is 5.44. The molecule has 0 saturated carbocycles. The van der Waals surface area contributed by atoms with E-state index in [1.165, 1.54) is 12.1 Å². The smallest absolute Gasteiger partial charge is 0.367 e. The van der Waals surface area contributed by atoms with E-state index < -0.39 is 17.8 Å². The van der Waals surface area contributed by atoms with Crippen LogP contribution >= 0.6 is 0 Å². The van der Waals surface area contributed by atoms with Crippen LogP contribution in [0.1, 0.15) is 36.6 Å². The number of carbonyl (C=O) groups excluding carboxylic acids is 3. The van der Waals surface area contributed by atoms with Crippen LogP contribution in [-0.2, 0) is 11.4 Å². The summed E-state index contributed by atoms with van der Waals surface area (Å²) in [5.74, 6) is -1.65. The average Bonchev–Trinajstić information content (AvgIpc) is 3.40. The number of fused-ring (bicyclic) bond motifs is 1. The fourth-order valence-corrected chi connectivity index (χ4v) is 3.79. The largest absolute Gasteiger partial charge is 0.497 e. The molecule has 3 aromatic carbocycles. The van der Waals surface area contributed by atoms with E-state index in [4.69, 9.17) is 9.57 Å². The first-order chi connectivity index (χ1) is 16.5. The minimum absolute atomic E-state index is 0.112. The predicted molar refractivity (Wildman–Crippen MR) is 122 cm³/mol. The first-order valence-corrected chi connectivity index (χ1v) is 10.5. The first kappa shape index (κ1) is 21.1. The fraction of sp³-hybridized carbons (Fsp3) is 0.0769. The Kier molecular flexibility index (Phi) is 5.39. The lowest BCUT2D eigenvalue weighted by Crippen LogP contribution is -2.32. The number of amides is 2. The molecular formula is C26H19N3O5. The number of carbonyl (C=O) groups is 3. The van der Waals surface area contributed by atoms with Crippen LogP contribution in [0.4, 0.5) is 0 Å². The number of nitrogens with zero attached hydrogens (tertiary/aromatic N) is 3. The van der Waals surface area contributed by atoms with E-state index in [-0.39, 0.29) is 16.7 Å². The van der Waals surface area contributed by atoms with Crippen LogP contribution in [0.25, 0.3) is 11.3 Å². The van der Waals surface area contributed by atoms with Crippen LogP contribution in [0, 0.1) is 0 Å². The molecule has 168 valence electrons. The maximum atomic E-state index is 13.2. The quantitative estimate of drug-likeness (QED) is 0.410. The van der Waals surface area contributed by atoms with E-state index >= 15 is 0 Å². The monoisotopic (exact) mass is 453 g/mol. The normalized spacial score (nSPS) is 12.6. The Labute approximate surface area is 194 Å².